The molecule has 1 heterocycles. The smallest absolute Gasteiger partial charge is 0.0263 e. The lowest BCUT2D eigenvalue weighted by molar-refractivity contribution is 0.133. The maximum Gasteiger partial charge on any atom is 0.0263 e. The van der Waals surface area contributed by atoms with Gasteiger partial charge in [0.1, 0.15) is 0 Å². The van der Waals surface area contributed by atoms with E-state index < -0.39 is 0 Å². The number of piperidine rings is 1. The van der Waals surface area contributed by atoms with Gasteiger partial charge in [-0.3, -0.25) is 0 Å². The van der Waals surface area contributed by atoms with Crippen molar-refractivity contribution in [1.29, 1.82) is 0 Å². The van der Waals surface area contributed by atoms with Crippen molar-refractivity contribution in [1.82, 2.24) is 4.90 Å². The molecular formula is C11H22ClN. The monoisotopic (exact) mass is 203 g/mol. The Morgan fingerprint density at radius 3 is 2.92 bits per heavy atom. The molecule has 13 heavy (non-hydrogen) atoms. The second-order valence-electron chi connectivity index (χ2n) is 4.30. The van der Waals surface area contributed by atoms with E-state index in [2.05, 4.69) is 18.7 Å². The van der Waals surface area contributed by atoms with Crippen molar-refractivity contribution in [3.05, 3.63) is 0 Å². The van der Waals surface area contributed by atoms with Gasteiger partial charge in [-0.15, -0.1) is 11.6 Å². The summed E-state index contributed by atoms with van der Waals surface area (Å²) in [6, 6.07) is 0.760. The van der Waals surface area contributed by atoms with Crippen LogP contribution in [0.1, 0.15) is 39.5 Å². The number of likely N-dealkylation sites (tertiary alicyclic amines) is 1. The summed E-state index contributed by atoms with van der Waals surface area (Å²) in [6.07, 6.45) is 5.29. The Morgan fingerprint density at radius 1 is 1.54 bits per heavy atom. The van der Waals surface area contributed by atoms with Crippen LogP contribution in [0.5, 0.6) is 0 Å². The van der Waals surface area contributed by atoms with Gasteiger partial charge in [0.25, 0.3) is 0 Å². The highest BCUT2D eigenvalue weighted by Gasteiger charge is 2.22. The van der Waals surface area contributed by atoms with Gasteiger partial charge in [-0.1, -0.05) is 13.3 Å². The summed E-state index contributed by atoms with van der Waals surface area (Å²) in [5.41, 5.74) is 0. The van der Waals surface area contributed by atoms with E-state index in [1.54, 1.807) is 0 Å². The maximum atomic E-state index is 5.90. The lowest BCUT2D eigenvalue weighted by Crippen LogP contribution is -2.41. The number of hydrogen-bond acceptors (Lipinski definition) is 1. The van der Waals surface area contributed by atoms with Crippen LogP contribution in [0.15, 0.2) is 0 Å². The van der Waals surface area contributed by atoms with E-state index in [1.807, 2.05) is 0 Å². The molecule has 1 rings (SSSR count). The average molecular weight is 204 g/mol. The summed E-state index contributed by atoms with van der Waals surface area (Å²) in [5.74, 6) is 1.59. The Kier molecular flexibility index (Phi) is 5.12. The molecule has 0 bridgehead atoms. The summed E-state index contributed by atoms with van der Waals surface area (Å²) in [7, 11) is 0. The normalized spacial score (nSPS) is 27.5. The Labute approximate surface area is 87.4 Å². The minimum absolute atomic E-state index is 0.745. The lowest BCUT2D eigenvalue weighted by atomic mass is 9.98. The van der Waals surface area contributed by atoms with Gasteiger partial charge in [-0.05, 0) is 38.6 Å². The fraction of sp³-hybridized carbons (Fsp3) is 1.00. The van der Waals surface area contributed by atoms with E-state index in [9.17, 15) is 0 Å². The van der Waals surface area contributed by atoms with Gasteiger partial charge >= 0.3 is 0 Å². The second kappa shape index (κ2) is 5.87. The third kappa shape index (κ3) is 3.47. The molecule has 0 amide bonds. The molecule has 78 valence electrons. The molecule has 0 aromatic heterocycles. The Hall–Kier alpha value is 0.250. The number of nitrogens with zero attached hydrogens (tertiary/aromatic N) is 1. The largest absolute Gasteiger partial charge is 0.300 e. The number of rotatable bonds is 4. The topological polar surface area (TPSA) is 3.24 Å². The van der Waals surface area contributed by atoms with E-state index in [0.29, 0.717) is 0 Å². The van der Waals surface area contributed by atoms with Crippen molar-refractivity contribution >= 4 is 11.6 Å². The van der Waals surface area contributed by atoms with Crippen LogP contribution in [0.3, 0.4) is 0 Å². The van der Waals surface area contributed by atoms with Crippen LogP contribution in [0.25, 0.3) is 0 Å². The van der Waals surface area contributed by atoms with Gasteiger partial charge in [0.2, 0.25) is 0 Å². The number of alkyl halides is 1. The Morgan fingerprint density at radius 2 is 2.31 bits per heavy atom. The van der Waals surface area contributed by atoms with Crippen LogP contribution >= 0.6 is 11.6 Å². The van der Waals surface area contributed by atoms with Crippen LogP contribution in [0, 0.1) is 5.92 Å². The van der Waals surface area contributed by atoms with Crippen molar-refractivity contribution < 1.29 is 0 Å². The van der Waals surface area contributed by atoms with Gasteiger partial charge in [-0.2, -0.15) is 0 Å². The first-order valence-corrected chi connectivity index (χ1v) is 6.11. The van der Waals surface area contributed by atoms with Gasteiger partial charge in [0, 0.05) is 18.5 Å². The molecule has 2 unspecified atom stereocenters. The molecular weight excluding hydrogens is 182 g/mol. The molecule has 0 aromatic carbocycles. The van der Waals surface area contributed by atoms with Crippen molar-refractivity contribution in [2.75, 3.05) is 19.0 Å². The molecule has 0 spiro atoms. The molecule has 0 aromatic rings. The summed E-state index contributed by atoms with van der Waals surface area (Å²) >= 11 is 5.90. The number of halogens is 1. The molecule has 1 aliphatic heterocycles. The molecule has 1 aliphatic rings. The molecule has 1 nitrogen and oxygen atoms in total. The van der Waals surface area contributed by atoms with Crippen molar-refractivity contribution in [3.63, 3.8) is 0 Å². The molecule has 0 aliphatic carbocycles. The van der Waals surface area contributed by atoms with E-state index >= 15 is 0 Å². The summed E-state index contributed by atoms with van der Waals surface area (Å²) < 4.78 is 0. The van der Waals surface area contributed by atoms with Crippen LogP contribution in [0.4, 0.5) is 0 Å². The predicted molar refractivity (Wildman–Crippen MR) is 59.4 cm³/mol. The van der Waals surface area contributed by atoms with Gasteiger partial charge in [-0.25, -0.2) is 0 Å². The fourth-order valence-corrected chi connectivity index (χ4v) is 2.48. The van der Waals surface area contributed by atoms with Crippen molar-refractivity contribution in [2.24, 2.45) is 5.92 Å². The Bertz CT molecular complexity index is 138. The predicted octanol–water partition coefficient (Wildman–Crippen LogP) is 3.13. The van der Waals surface area contributed by atoms with E-state index in [0.717, 1.165) is 17.8 Å². The zero-order valence-corrected chi connectivity index (χ0v) is 9.69. The van der Waals surface area contributed by atoms with Gasteiger partial charge < -0.3 is 4.90 Å². The number of hydrogen-bond donors (Lipinski definition) is 0. The second-order valence-corrected chi connectivity index (χ2v) is 4.60. The fourth-order valence-electron chi connectivity index (χ4n) is 2.22. The van der Waals surface area contributed by atoms with E-state index in [1.165, 1.54) is 38.8 Å². The van der Waals surface area contributed by atoms with Gasteiger partial charge in [0.05, 0.1) is 0 Å². The minimum Gasteiger partial charge on any atom is -0.300 e. The van der Waals surface area contributed by atoms with Crippen LogP contribution in [-0.4, -0.2) is 29.9 Å². The molecule has 2 atom stereocenters. The van der Waals surface area contributed by atoms with E-state index in [-0.39, 0.29) is 0 Å². The molecule has 2 heteroatoms. The van der Waals surface area contributed by atoms with Crippen LogP contribution in [-0.2, 0) is 0 Å². The SMILES string of the molecule is CCCC(C)N1CCCC(CCl)C1. The van der Waals surface area contributed by atoms with E-state index in [4.69, 9.17) is 11.6 Å². The summed E-state index contributed by atoms with van der Waals surface area (Å²) in [6.45, 7) is 7.12. The van der Waals surface area contributed by atoms with Crippen LogP contribution in [0.2, 0.25) is 0 Å². The molecule has 0 N–H and O–H groups in total. The summed E-state index contributed by atoms with van der Waals surface area (Å²) in [4.78, 5) is 2.61. The van der Waals surface area contributed by atoms with Gasteiger partial charge in [0.15, 0.2) is 0 Å². The third-order valence-electron chi connectivity index (χ3n) is 3.10. The first kappa shape index (κ1) is 11.3. The van der Waals surface area contributed by atoms with Crippen LogP contribution < -0.4 is 0 Å². The third-order valence-corrected chi connectivity index (χ3v) is 3.53. The zero-order valence-electron chi connectivity index (χ0n) is 8.93. The highest BCUT2D eigenvalue weighted by atomic mass is 35.5. The first-order valence-electron chi connectivity index (χ1n) is 5.58. The highest BCUT2D eigenvalue weighted by Crippen LogP contribution is 2.20. The van der Waals surface area contributed by atoms with Crippen molar-refractivity contribution in [2.45, 2.75) is 45.6 Å². The Balaban J connectivity index is 2.32. The standard InChI is InChI=1S/C11H22ClN/c1-3-5-10(2)13-7-4-6-11(8-12)9-13/h10-11H,3-9H2,1-2H3. The average Bonchev–Trinajstić information content (AvgIpc) is 2.18. The van der Waals surface area contributed by atoms with Crippen molar-refractivity contribution in [3.8, 4) is 0 Å². The zero-order chi connectivity index (χ0) is 9.68. The molecule has 0 saturated carbocycles. The quantitative estimate of drug-likeness (QED) is 0.635. The minimum atomic E-state index is 0.745. The maximum absolute atomic E-state index is 5.90. The lowest BCUT2D eigenvalue weighted by Gasteiger charge is -2.36. The molecule has 0 radical (unpaired) electrons. The first-order chi connectivity index (χ1) is 6.27. The highest BCUT2D eigenvalue weighted by molar-refractivity contribution is 6.18. The molecule has 1 fully saturated rings. The summed E-state index contributed by atoms with van der Waals surface area (Å²) in [5, 5.41) is 0. The molecule has 1 saturated heterocycles.